The van der Waals surface area contributed by atoms with Crippen molar-refractivity contribution in [2.24, 2.45) is 0 Å². The molecule has 114 valence electrons. The van der Waals surface area contributed by atoms with Crippen LogP contribution in [-0.2, 0) is 6.42 Å². The van der Waals surface area contributed by atoms with Crippen LogP contribution < -0.4 is 5.32 Å². The normalized spacial score (nSPS) is 21.3. The van der Waals surface area contributed by atoms with Crippen molar-refractivity contribution in [1.82, 2.24) is 15.1 Å². The second kappa shape index (κ2) is 8.35. The number of rotatable bonds is 7. The van der Waals surface area contributed by atoms with Gasteiger partial charge in [0.2, 0.25) is 0 Å². The van der Waals surface area contributed by atoms with Gasteiger partial charge in [-0.25, -0.2) is 0 Å². The molecule has 1 aromatic heterocycles. The van der Waals surface area contributed by atoms with Crippen molar-refractivity contribution in [3.8, 4) is 0 Å². The highest BCUT2D eigenvalue weighted by atomic mass is 32.2. The fourth-order valence-electron chi connectivity index (χ4n) is 2.40. The average molecular weight is 314 g/mol. The van der Waals surface area contributed by atoms with Crippen molar-refractivity contribution in [3.63, 3.8) is 0 Å². The highest BCUT2D eigenvalue weighted by molar-refractivity contribution is 8.06. The lowest BCUT2D eigenvalue weighted by Crippen LogP contribution is -2.43. The van der Waals surface area contributed by atoms with Crippen LogP contribution in [0, 0.1) is 0 Å². The molecule has 0 spiro atoms. The molecule has 2 heterocycles. The lowest BCUT2D eigenvalue weighted by atomic mass is 10.1. The molecule has 0 amide bonds. The molecule has 1 aliphatic rings. The van der Waals surface area contributed by atoms with Crippen molar-refractivity contribution >= 4 is 23.5 Å². The molecule has 1 N–H and O–H groups in total. The number of aromatic nitrogens is 2. The van der Waals surface area contributed by atoms with Crippen LogP contribution in [0.2, 0.25) is 0 Å². The summed E-state index contributed by atoms with van der Waals surface area (Å²) in [4.78, 5) is 0. The van der Waals surface area contributed by atoms with Gasteiger partial charge >= 0.3 is 0 Å². The van der Waals surface area contributed by atoms with Gasteiger partial charge in [-0.15, -0.1) is 0 Å². The first-order valence-electron chi connectivity index (χ1n) is 7.67. The highest BCUT2D eigenvalue weighted by Gasteiger charge is 2.25. The summed E-state index contributed by atoms with van der Waals surface area (Å²) in [5.41, 5.74) is 1.23. The zero-order valence-corrected chi connectivity index (χ0v) is 14.5. The Morgan fingerprint density at radius 3 is 2.90 bits per heavy atom. The summed E-state index contributed by atoms with van der Waals surface area (Å²) in [5, 5.41) is 9.18. The standard InChI is InChI=1S/C15H27N3S2/c1-4-6-16-14(15-11-19-8-9-20-15)10-13-5-7-18(17-13)12(2)3/h5,7,12,14-16H,4,6,8-11H2,1-3H3. The van der Waals surface area contributed by atoms with Crippen LogP contribution in [0.25, 0.3) is 0 Å². The van der Waals surface area contributed by atoms with Crippen LogP contribution in [0.4, 0.5) is 0 Å². The number of nitrogens with zero attached hydrogens (tertiary/aromatic N) is 2. The fourth-order valence-corrected chi connectivity index (χ4v) is 5.29. The molecule has 1 aliphatic heterocycles. The lowest BCUT2D eigenvalue weighted by Gasteiger charge is -2.30. The average Bonchev–Trinajstić information content (AvgIpc) is 2.93. The maximum absolute atomic E-state index is 4.71. The number of nitrogens with one attached hydrogen (secondary N) is 1. The molecule has 3 nitrogen and oxygen atoms in total. The van der Waals surface area contributed by atoms with Crippen LogP contribution >= 0.6 is 23.5 Å². The van der Waals surface area contributed by atoms with Crippen molar-refractivity contribution in [1.29, 1.82) is 0 Å². The lowest BCUT2D eigenvalue weighted by molar-refractivity contribution is 0.486. The predicted octanol–water partition coefficient (Wildman–Crippen LogP) is 3.22. The van der Waals surface area contributed by atoms with E-state index in [9.17, 15) is 0 Å². The van der Waals surface area contributed by atoms with Gasteiger partial charge in [0.1, 0.15) is 0 Å². The minimum atomic E-state index is 0.449. The predicted molar refractivity (Wildman–Crippen MR) is 92.0 cm³/mol. The number of thioether (sulfide) groups is 2. The van der Waals surface area contributed by atoms with Crippen molar-refractivity contribution in [3.05, 3.63) is 18.0 Å². The van der Waals surface area contributed by atoms with E-state index in [1.54, 1.807) is 0 Å². The Morgan fingerprint density at radius 2 is 2.30 bits per heavy atom. The SMILES string of the molecule is CCCNC(Cc1ccn(C(C)C)n1)C1CSCCS1. The molecule has 1 fully saturated rings. The Balaban J connectivity index is 1.97. The molecule has 2 rings (SSSR count). The van der Waals surface area contributed by atoms with E-state index in [1.807, 2.05) is 0 Å². The van der Waals surface area contributed by atoms with Crippen LogP contribution in [0.1, 0.15) is 38.9 Å². The van der Waals surface area contributed by atoms with E-state index in [-0.39, 0.29) is 0 Å². The zero-order valence-electron chi connectivity index (χ0n) is 12.8. The molecule has 0 aromatic carbocycles. The summed E-state index contributed by atoms with van der Waals surface area (Å²) in [6.45, 7) is 7.70. The van der Waals surface area contributed by atoms with Crippen LogP contribution in [-0.4, -0.2) is 44.9 Å². The number of hydrogen-bond donors (Lipinski definition) is 1. The molecule has 0 radical (unpaired) electrons. The van der Waals surface area contributed by atoms with E-state index in [1.165, 1.54) is 29.4 Å². The Labute approximate surface area is 131 Å². The summed E-state index contributed by atoms with van der Waals surface area (Å²) in [5.74, 6) is 3.88. The third-order valence-corrected chi connectivity index (χ3v) is 6.49. The topological polar surface area (TPSA) is 29.9 Å². The summed E-state index contributed by atoms with van der Waals surface area (Å²) in [7, 11) is 0. The van der Waals surface area contributed by atoms with Gasteiger partial charge in [0, 0.05) is 47.2 Å². The van der Waals surface area contributed by atoms with E-state index < -0.39 is 0 Å². The summed E-state index contributed by atoms with van der Waals surface area (Å²) in [6, 6.07) is 3.19. The molecule has 2 atom stereocenters. The fraction of sp³-hybridized carbons (Fsp3) is 0.800. The maximum atomic E-state index is 4.71. The van der Waals surface area contributed by atoms with Crippen LogP contribution in [0.5, 0.6) is 0 Å². The molecule has 5 heteroatoms. The van der Waals surface area contributed by atoms with E-state index in [2.05, 4.69) is 66.6 Å². The molecular formula is C15H27N3S2. The van der Waals surface area contributed by atoms with Gasteiger partial charge < -0.3 is 5.32 Å². The van der Waals surface area contributed by atoms with Crippen molar-refractivity contribution in [2.75, 3.05) is 23.8 Å². The first-order valence-corrected chi connectivity index (χ1v) is 9.87. The monoisotopic (exact) mass is 313 g/mol. The van der Waals surface area contributed by atoms with Gasteiger partial charge in [-0.2, -0.15) is 28.6 Å². The first kappa shape index (κ1) is 16.2. The second-order valence-electron chi connectivity index (χ2n) is 5.63. The van der Waals surface area contributed by atoms with Gasteiger partial charge in [-0.1, -0.05) is 6.92 Å². The molecule has 0 bridgehead atoms. The van der Waals surface area contributed by atoms with E-state index in [0.29, 0.717) is 12.1 Å². The zero-order chi connectivity index (χ0) is 14.4. The summed E-state index contributed by atoms with van der Waals surface area (Å²) in [6.07, 6.45) is 4.36. The molecule has 2 unspecified atom stereocenters. The summed E-state index contributed by atoms with van der Waals surface area (Å²) >= 11 is 4.24. The third kappa shape index (κ3) is 4.71. The van der Waals surface area contributed by atoms with Crippen molar-refractivity contribution < 1.29 is 0 Å². The van der Waals surface area contributed by atoms with Crippen LogP contribution in [0.15, 0.2) is 12.3 Å². The molecule has 1 aromatic rings. The Kier molecular flexibility index (Phi) is 6.78. The first-order chi connectivity index (χ1) is 9.70. The van der Waals surface area contributed by atoms with Gasteiger partial charge in [0.25, 0.3) is 0 Å². The van der Waals surface area contributed by atoms with Gasteiger partial charge in [-0.05, 0) is 32.9 Å². The highest BCUT2D eigenvalue weighted by Crippen LogP contribution is 2.27. The largest absolute Gasteiger partial charge is 0.312 e. The third-order valence-electron chi connectivity index (χ3n) is 3.57. The Hall–Kier alpha value is -0.130. The van der Waals surface area contributed by atoms with E-state index >= 15 is 0 Å². The molecule has 0 saturated carbocycles. The Bertz CT molecular complexity index is 386. The van der Waals surface area contributed by atoms with Crippen molar-refractivity contribution in [2.45, 2.75) is 50.9 Å². The minimum absolute atomic E-state index is 0.449. The minimum Gasteiger partial charge on any atom is -0.312 e. The van der Waals surface area contributed by atoms with Gasteiger partial charge in [-0.3, -0.25) is 4.68 Å². The van der Waals surface area contributed by atoms with Crippen LogP contribution in [0.3, 0.4) is 0 Å². The smallest absolute Gasteiger partial charge is 0.0640 e. The molecular weight excluding hydrogens is 286 g/mol. The van der Waals surface area contributed by atoms with E-state index in [0.717, 1.165) is 18.2 Å². The number of hydrogen-bond acceptors (Lipinski definition) is 4. The Morgan fingerprint density at radius 1 is 1.45 bits per heavy atom. The van der Waals surface area contributed by atoms with Gasteiger partial charge in [0.15, 0.2) is 0 Å². The summed E-state index contributed by atoms with van der Waals surface area (Å²) < 4.78 is 2.06. The molecule has 20 heavy (non-hydrogen) atoms. The maximum Gasteiger partial charge on any atom is 0.0640 e. The van der Waals surface area contributed by atoms with E-state index in [4.69, 9.17) is 5.10 Å². The van der Waals surface area contributed by atoms with Gasteiger partial charge in [0.05, 0.1) is 5.69 Å². The molecule has 0 aliphatic carbocycles. The quantitative estimate of drug-likeness (QED) is 0.837. The second-order valence-corrected chi connectivity index (χ2v) is 8.13. The molecule has 1 saturated heterocycles.